The average Bonchev–Trinajstić information content (AvgIpc) is 3.31. The predicted octanol–water partition coefficient (Wildman–Crippen LogP) is 3.40. The van der Waals surface area contributed by atoms with Gasteiger partial charge in [-0.3, -0.25) is 9.59 Å². The SMILES string of the molecule is COc1cc(C)[nH]c(=O)c1CNC(=O)c1c(C)n(C2CCCC2)c2ncccc12. The van der Waals surface area contributed by atoms with E-state index in [4.69, 9.17) is 4.74 Å². The van der Waals surface area contributed by atoms with Gasteiger partial charge in [0.05, 0.1) is 24.8 Å². The van der Waals surface area contributed by atoms with Crippen molar-refractivity contribution in [2.45, 2.75) is 52.1 Å². The van der Waals surface area contributed by atoms with E-state index in [2.05, 4.69) is 19.9 Å². The first kappa shape index (κ1) is 19.2. The lowest BCUT2D eigenvalue weighted by atomic mass is 10.1. The molecule has 0 atom stereocenters. The summed E-state index contributed by atoms with van der Waals surface area (Å²) in [6, 6.07) is 5.93. The Morgan fingerprint density at radius 1 is 1.34 bits per heavy atom. The molecular formula is C22H26N4O3. The molecule has 0 unspecified atom stereocenters. The first-order chi connectivity index (χ1) is 14.0. The molecule has 1 amide bonds. The van der Waals surface area contributed by atoms with Gasteiger partial charge in [0.2, 0.25) is 0 Å². The van der Waals surface area contributed by atoms with Crippen LogP contribution in [0.1, 0.15) is 59.0 Å². The third-order valence-corrected chi connectivity index (χ3v) is 5.80. The Morgan fingerprint density at radius 2 is 2.10 bits per heavy atom. The minimum absolute atomic E-state index is 0.0907. The number of aromatic amines is 1. The molecule has 0 bridgehead atoms. The molecule has 0 saturated heterocycles. The number of nitrogens with zero attached hydrogens (tertiary/aromatic N) is 2. The topological polar surface area (TPSA) is 89.0 Å². The van der Waals surface area contributed by atoms with Crippen LogP contribution in [-0.4, -0.2) is 27.6 Å². The highest BCUT2D eigenvalue weighted by molar-refractivity contribution is 6.07. The fourth-order valence-corrected chi connectivity index (χ4v) is 4.45. The van der Waals surface area contributed by atoms with Crippen molar-refractivity contribution in [3.8, 4) is 5.75 Å². The highest BCUT2D eigenvalue weighted by atomic mass is 16.5. The maximum atomic E-state index is 13.2. The molecular weight excluding hydrogens is 368 g/mol. The minimum atomic E-state index is -0.256. The van der Waals surface area contributed by atoms with Crippen molar-refractivity contribution in [1.29, 1.82) is 0 Å². The standard InChI is InChI=1S/C22H26N4O3/c1-13-11-18(29-3)17(21(27)25-13)12-24-22(28)19-14(2)26(15-7-4-5-8-15)20-16(19)9-6-10-23-20/h6,9-11,15H,4-5,7-8,12H2,1-3H3,(H,24,28)(H,25,27). The number of pyridine rings is 2. The van der Waals surface area contributed by atoms with E-state index in [9.17, 15) is 9.59 Å². The van der Waals surface area contributed by atoms with Crippen molar-refractivity contribution in [3.63, 3.8) is 0 Å². The van der Waals surface area contributed by atoms with Gasteiger partial charge in [-0.2, -0.15) is 0 Å². The number of aryl methyl sites for hydroxylation is 1. The Morgan fingerprint density at radius 3 is 2.83 bits per heavy atom. The number of rotatable bonds is 5. The Kier molecular flexibility index (Phi) is 5.13. The van der Waals surface area contributed by atoms with Crippen LogP contribution < -0.4 is 15.6 Å². The Bertz CT molecular complexity index is 1120. The van der Waals surface area contributed by atoms with E-state index in [-0.39, 0.29) is 18.0 Å². The fourth-order valence-electron chi connectivity index (χ4n) is 4.45. The number of aromatic nitrogens is 3. The molecule has 3 aromatic heterocycles. The molecule has 0 spiro atoms. The van der Waals surface area contributed by atoms with Gasteiger partial charge in [-0.1, -0.05) is 12.8 Å². The van der Waals surface area contributed by atoms with Gasteiger partial charge in [-0.15, -0.1) is 0 Å². The summed E-state index contributed by atoms with van der Waals surface area (Å²) < 4.78 is 7.54. The fraction of sp³-hybridized carbons (Fsp3) is 0.409. The second-order valence-electron chi connectivity index (χ2n) is 7.65. The summed E-state index contributed by atoms with van der Waals surface area (Å²) in [4.78, 5) is 32.8. The summed E-state index contributed by atoms with van der Waals surface area (Å²) in [6.45, 7) is 3.86. The number of hydrogen-bond acceptors (Lipinski definition) is 4. The molecule has 0 radical (unpaired) electrons. The smallest absolute Gasteiger partial charge is 0.256 e. The second-order valence-corrected chi connectivity index (χ2v) is 7.65. The van der Waals surface area contributed by atoms with Crippen LogP contribution in [0.25, 0.3) is 11.0 Å². The van der Waals surface area contributed by atoms with Crippen LogP contribution in [0, 0.1) is 13.8 Å². The van der Waals surface area contributed by atoms with Crippen LogP contribution in [0.4, 0.5) is 0 Å². The third-order valence-electron chi connectivity index (χ3n) is 5.80. The molecule has 3 heterocycles. The summed E-state index contributed by atoms with van der Waals surface area (Å²) in [5.41, 5.74) is 3.27. The van der Waals surface area contributed by atoms with E-state index in [1.54, 1.807) is 19.2 Å². The monoisotopic (exact) mass is 394 g/mol. The summed E-state index contributed by atoms with van der Waals surface area (Å²) in [5.74, 6) is 0.262. The highest BCUT2D eigenvalue weighted by Gasteiger charge is 2.26. The van der Waals surface area contributed by atoms with E-state index in [1.165, 1.54) is 20.0 Å². The highest BCUT2D eigenvalue weighted by Crippen LogP contribution is 2.36. The minimum Gasteiger partial charge on any atom is -0.496 e. The van der Waals surface area contributed by atoms with Gasteiger partial charge >= 0.3 is 0 Å². The van der Waals surface area contributed by atoms with Crippen LogP contribution >= 0.6 is 0 Å². The molecule has 1 saturated carbocycles. The average molecular weight is 394 g/mol. The van der Waals surface area contributed by atoms with Crippen molar-refractivity contribution >= 4 is 16.9 Å². The van der Waals surface area contributed by atoms with Crippen LogP contribution in [0.15, 0.2) is 29.2 Å². The molecule has 152 valence electrons. The number of carbonyl (C=O) groups excluding carboxylic acids is 1. The van der Waals surface area contributed by atoms with Crippen molar-refractivity contribution in [1.82, 2.24) is 19.9 Å². The summed E-state index contributed by atoms with van der Waals surface area (Å²) in [5, 5.41) is 3.75. The molecule has 7 nitrogen and oxygen atoms in total. The van der Waals surface area contributed by atoms with E-state index in [0.29, 0.717) is 28.6 Å². The van der Waals surface area contributed by atoms with E-state index in [0.717, 1.165) is 29.6 Å². The van der Waals surface area contributed by atoms with E-state index < -0.39 is 0 Å². The van der Waals surface area contributed by atoms with Gasteiger partial charge in [0.1, 0.15) is 11.4 Å². The number of H-pyrrole nitrogens is 1. The molecule has 4 rings (SSSR count). The lowest BCUT2D eigenvalue weighted by Gasteiger charge is -2.15. The van der Waals surface area contributed by atoms with Gasteiger partial charge < -0.3 is 19.6 Å². The normalized spacial score (nSPS) is 14.4. The number of hydrogen-bond donors (Lipinski definition) is 2. The van der Waals surface area contributed by atoms with Crippen molar-refractivity contribution in [2.24, 2.45) is 0 Å². The zero-order valence-corrected chi connectivity index (χ0v) is 17.0. The Hall–Kier alpha value is -3.09. The predicted molar refractivity (Wildman–Crippen MR) is 111 cm³/mol. The molecule has 7 heteroatoms. The molecule has 1 fully saturated rings. The van der Waals surface area contributed by atoms with Gasteiger partial charge in [-0.05, 0) is 44.9 Å². The van der Waals surface area contributed by atoms with Gasteiger partial charge in [0.25, 0.3) is 11.5 Å². The number of fused-ring (bicyclic) bond motifs is 1. The van der Waals surface area contributed by atoms with Gasteiger partial charge in [0, 0.05) is 29.0 Å². The van der Waals surface area contributed by atoms with E-state index in [1.807, 2.05) is 19.1 Å². The maximum absolute atomic E-state index is 13.2. The van der Waals surface area contributed by atoms with Crippen LogP contribution in [-0.2, 0) is 6.54 Å². The second kappa shape index (κ2) is 7.73. The molecule has 1 aliphatic carbocycles. The lowest BCUT2D eigenvalue weighted by molar-refractivity contribution is 0.0951. The number of carbonyl (C=O) groups is 1. The van der Waals surface area contributed by atoms with Crippen LogP contribution in [0.2, 0.25) is 0 Å². The van der Waals surface area contributed by atoms with Crippen LogP contribution in [0.5, 0.6) is 5.75 Å². The summed E-state index contributed by atoms with van der Waals surface area (Å²) >= 11 is 0. The Labute approximate surface area is 169 Å². The molecule has 0 aliphatic heterocycles. The Balaban J connectivity index is 1.68. The molecule has 3 aromatic rings. The first-order valence-corrected chi connectivity index (χ1v) is 10.0. The molecule has 0 aromatic carbocycles. The molecule has 29 heavy (non-hydrogen) atoms. The first-order valence-electron chi connectivity index (χ1n) is 10.0. The van der Waals surface area contributed by atoms with Gasteiger partial charge in [0.15, 0.2) is 0 Å². The maximum Gasteiger partial charge on any atom is 0.256 e. The van der Waals surface area contributed by atoms with E-state index >= 15 is 0 Å². The number of ether oxygens (including phenoxy) is 1. The van der Waals surface area contributed by atoms with Crippen molar-refractivity contribution in [2.75, 3.05) is 7.11 Å². The van der Waals surface area contributed by atoms with Crippen molar-refractivity contribution < 1.29 is 9.53 Å². The largest absolute Gasteiger partial charge is 0.496 e. The zero-order valence-electron chi connectivity index (χ0n) is 17.0. The number of amides is 1. The zero-order chi connectivity index (χ0) is 20.5. The summed E-state index contributed by atoms with van der Waals surface area (Å²) in [6.07, 6.45) is 6.39. The number of methoxy groups -OCH3 is 1. The molecule has 1 aliphatic rings. The molecule has 2 N–H and O–H groups in total. The van der Waals surface area contributed by atoms with Gasteiger partial charge in [-0.25, -0.2) is 4.98 Å². The lowest BCUT2D eigenvalue weighted by Crippen LogP contribution is -2.28. The summed E-state index contributed by atoms with van der Waals surface area (Å²) in [7, 11) is 1.52. The number of nitrogens with one attached hydrogen (secondary N) is 2. The van der Waals surface area contributed by atoms with Crippen LogP contribution in [0.3, 0.4) is 0 Å². The quantitative estimate of drug-likeness (QED) is 0.694. The third kappa shape index (κ3) is 3.41. The van der Waals surface area contributed by atoms with Crippen molar-refractivity contribution in [3.05, 3.63) is 57.3 Å².